The summed E-state index contributed by atoms with van der Waals surface area (Å²) in [4.78, 5) is 20.6. The highest BCUT2D eigenvalue weighted by Gasteiger charge is 2.20. The summed E-state index contributed by atoms with van der Waals surface area (Å²) in [5, 5.41) is 3.13. The van der Waals surface area contributed by atoms with Crippen LogP contribution in [0.5, 0.6) is 11.5 Å². The fourth-order valence-electron chi connectivity index (χ4n) is 3.65. The van der Waals surface area contributed by atoms with Crippen molar-refractivity contribution in [1.82, 2.24) is 9.97 Å². The van der Waals surface area contributed by atoms with E-state index < -0.39 is 21.8 Å². The van der Waals surface area contributed by atoms with Gasteiger partial charge in [0.1, 0.15) is 11.5 Å². The summed E-state index contributed by atoms with van der Waals surface area (Å²) >= 11 is 0. The summed E-state index contributed by atoms with van der Waals surface area (Å²) < 4.78 is 40.0. The van der Waals surface area contributed by atoms with Gasteiger partial charge in [-0.15, -0.1) is 0 Å². The number of carbonyl (C=O) groups excluding carboxylic acids is 1. The van der Waals surface area contributed by atoms with Crippen LogP contribution >= 0.6 is 0 Å². The van der Waals surface area contributed by atoms with Gasteiger partial charge in [-0.1, -0.05) is 31.2 Å². The molecule has 0 aliphatic rings. The third-order valence-electron chi connectivity index (χ3n) is 5.65. The van der Waals surface area contributed by atoms with Crippen molar-refractivity contribution in [3.05, 3.63) is 72.3 Å². The number of nitrogens with two attached hydrogens (primary N) is 1. The van der Waals surface area contributed by atoms with Crippen molar-refractivity contribution in [3.8, 4) is 11.5 Å². The molecule has 0 fully saturated rings. The highest BCUT2D eigenvalue weighted by molar-refractivity contribution is 7.92. The number of rotatable bonds is 10. The maximum absolute atomic E-state index is 13.4. The van der Waals surface area contributed by atoms with Crippen molar-refractivity contribution in [2.45, 2.75) is 18.2 Å². The van der Waals surface area contributed by atoms with E-state index in [2.05, 4.69) is 20.0 Å². The molecule has 3 aromatic carbocycles. The second-order valence-corrected chi connectivity index (χ2v) is 10.1. The molecular formula is C26H27N5O5S. The molecule has 0 aliphatic carbocycles. The molecule has 10 nitrogen and oxygen atoms in total. The molecule has 192 valence electrons. The number of amides is 1. The van der Waals surface area contributed by atoms with Crippen LogP contribution in [0.3, 0.4) is 0 Å². The van der Waals surface area contributed by atoms with Crippen molar-refractivity contribution in [2.24, 2.45) is 11.7 Å². The fourth-order valence-corrected chi connectivity index (χ4v) is 4.73. The number of carbonyl (C=O) groups is 1. The Morgan fingerprint density at radius 3 is 2.14 bits per heavy atom. The summed E-state index contributed by atoms with van der Waals surface area (Å²) in [6.45, 7) is 1.69. The molecule has 4 rings (SSSR count). The predicted molar refractivity (Wildman–Crippen MR) is 142 cm³/mol. The molecule has 11 heteroatoms. The molecule has 37 heavy (non-hydrogen) atoms. The second-order valence-electron chi connectivity index (χ2n) is 8.40. The Bertz CT molecular complexity index is 1540. The molecule has 0 bridgehead atoms. The minimum atomic E-state index is -4.06. The number of para-hydroxylation sites is 2. The summed E-state index contributed by atoms with van der Waals surface area (Å²) in [6.07, 6.45) is 0.318. The standard InChI is InChI=1S/C26H27N5O5S/c1-16(24(27)32)11-17-7-6-8-21(12-17)37(33,34)31-26-25(29-22-9-4-5-10-23(22)30-26)28-18-13-19(35-2)15-20(14-18)36-3/h4-10,12-16H,11H2,1-3H3,(H2,27,32)(H,28,29)(H,30,31). The van der Waals surface area contributed by atoms with Crippen LogP contribution in [0.4, 0.5) is 17.3 Å². The molecule has 0 spiro atoms. The Morgan fingerprint density at radius 1 is 0.919 bits per heavy atom. The molecule has 1 atom stereocenters. The van der Waals surface area contributed by atoms with Gasteiger partial charge in [0.25, 0.3) is 10.0 Å². The van der Waals surface area contributed by atoms with Crippen molar-refractivity contribution in [1.29, 1.82) is 0 Å². The van der Waals surface area contributed by atoms with Gasteiger partial charge in [-0.25, -0.2) is 18.4 Å². The Labute approximate surface area is 214 Å². The minimum absolute atomic E-state index is 0.0105. The lowest BCUT2D eigenvalue weighted by molar-refractivity contribution is -0.121. The number of benzene rings is 3. The fraction of sp³-hybridized carbons (Fsp3) is 0.192. The lowest BCUT2D eigenvalue weighted by Gasteiger charge is -2.15. The van der Waals surface area contributed by atoms with Crippen LogP contribution in [-0.2, 0) is 21.2 Å². The zero-order chi connectivity index (χ0) is 26.6. The number of ether oxygens (including phenoxy) is 2. The number of sulfonamides is 1. The number of nitrogens with zero attached hydrogens (tertiary/aromatic N) is 2. The molecule has 4 N–H and O–H groups in total. The number of anilines is 3. The van der Waals surface area contributed by atoms with Crippen LogP contribution in [0.2, 0.25) is 0 Å². The zero-order valence-electron chi connectivity index (χ0n) is 20.6. The van der Waals surface area contributed by atoms with Gasteiger partial charge in [0.05, 0.1) is 30.1 Å². The van der Waals surface area contributed by atoms with Crippen LogP contribution in [0.15, 0.2) is 71.6 Å². The first-order valence-electron chi connectivity index (χ1n) is 11.4. The lowest BCUT2D eigenvalue weighted by Crippen LogP contribution is -2.22. The largest absolute Gasteiger partial charge is 0.497 e. The van der Waals surface area contributed by atoms with E-state index >= 15 is 0 Å². The number of hydrogen-bond donors (Lipinski definition) is 3. The van der Waals surface area contributed by atoms with Crippen molar-refractivity contribution < 1.29 is 22.7 Å². The van der Waals surface area contributed by atoms with Crippen molar-refractivity contribution in [2.75, 3.05) is 24.3 Å². The third-order valence-corrected chi connectivity index (χ3v) is 6.99. The normalized spacial score (nSPS) is 12.1. The topological polar surface area (TPSA) is 146 Å². The lowest BCUT2D eigenvalue weighted by atomic mass is 10.0. The maximum Gasteiger partial charge on any atom is 0.263 e. The van der Waals surface area contributed by atoms with Crippen LogP contribution in [0.1, 0.15) is 12.5 Å². The van der Waals surface area contributed by atoms with Crippen LogP contribution in [0.25, 0.3) is 11.0 Å². The molecule has 0 aliphatic heterocycles. The Kier molecular flexibility index (Phi) is 7.44. The predicted octanol–water partition coefficient (Wildman–Crippen LogP) is 3.86. The van der Waals surface area contributed by atoms with Crippen LogP contribution in [0, 0.1) is 5.92 Å². The summed E-state index contributed by atoms with van der Waals surface area (Å²) in [6, 6.07) is 18.6. The highest BCUT2D eigenvalue weighted by atomic mass is 32.2. The van der Waals surface area contributed by atoms with Gasteiger partial charge >= 0.3 is 0 Å². The van der Waals surface area contributed by atoms with E-state index in [9.17, 15) is 13.2 Å². The molecule has 1 unspecified atom stereocenters. The average Bonchev–Trinajstić information content (AvgIpc) is 2.88. The summed E-state index contributed by atoms with van der Waals surface area (Å²) in [5.41, 5.74) is 7.68. The third kappa shape index (κ3) is 6.07. The first-order valence-corrected chi connectivity index (χ1v) is 12.8. The van der Waals surface area contributed by atoms with E-state index in [0.29, 0.717) is 40.2 Å². The van der Waals surface area contributed by atoms with Gasteiger partial charge in [0.2, 0.25) is 5.91 Å². The molecule has 4 aromatic rings. The quantitative estimate of drug-likeness (QED) is 0.285. The van der Waals surface area contributed by atoms with Gasteiger partial charge in [-0.2, -0.15) is 0 Å². The molecule has 1 amide bonds. The van der Waals surface area contributed by atoms with Gasteiger partial charge in [0.15, 0.2) is 11.6 Å². The van der Waals surface area contributed by atoms with Gasteiger partial charge < -0.3 is 20.5 Å². The minimum Gasteiger partial charge on any atom is -0.497 e. The molecule has 0 saturated heterocycles. The van der Waals surface area contributed by atoms with Crippen LogP contribution in [-0.4, -0.2) is 38.5 Å². The molecule has 1 heterocycles. The van der Waals surface area contributed by atoms with Crippen LogP contribution < -0.4 is 25.2 Å². The van der Waals surface area contributed by atoms with E-state index in [1.165, 1.54) is 26.4 Å². The number of hydrogen-bond acceptors (Lipinski definition) is 8. The van der Waals surface area contributed by atoms with Gasteiger partial charge in [0, 0.05) is 29.8 Å². The molecule has 1 aromatic heterocycles. The van der Waals surface area contributed by atoms with Gasteiger partial charge in [-0.05, 0) is 36.2 Å². The summed E-state index contributed by atoms with van der Waals surface area (Å²) in [7, 11) is -0.991. The number of primary amides is 1. The smallest absolute Gasteiger partial charge is 0.263 e. The van der Waals surface area contributed by atoms with E-state index in [1.807, 2.05) is 6.07 Å². The molecule has 0 saturated carbocycles. The van der Waals surface area contributed by atoms with E-state index in [0.717, 1.165) is 0 Å². The molecular weight excluding hydrogens is 494 g/mol. The van der Waals surface area contributed by atoms with E-state index in [1.54, 1.807) is 55.5 Å². The van der Waals surface area contributed by atoms with Crippen molar-refractivity contribution >= 4 is 44.3 Å². The van der Waals surface area contributed by atoms with Gasteiger partial charge in [-0.3, -0.25) is 9.52 Å². The highest BCUT2D eigenvalue weighted by Crippen LogP contribution is 2.31. The van der Waals surface area contributed by atoms with E-state index in [4.69, 9.17) is 15.2 Å². The average molecular weight is 522 g/mol. The Balaban J connectivity index is 1.73. The van der Waals surface area contributed by atoms with E-state index in [-0.39, 0.29) is 16.5 Å². The SMILES string of the molecule is COc1cc(Nc2nc3ccccc3nc2NS(=O)(=O)c2cccc(CC(C)C(N)=O)c2)cc(OC)c1. The number of nitrogens with one attached hydrogen (secondary N) is 2. The second kappa shape index (κ2) is 10.7. The summed E-state index contributed by atoms with van der Waals surface area (Å²) in [5.74, 6) is 0.391. The molecule has 0 radical (unpaired) electrons. The first-order chi connectivity index (χ1) is 17.7. The zero-order valence-corrected chi connectivity index (χ0v) is 21.4. The maximum atomic E-state index is 13.4. The first kappa shape index (κ1) is 25.7. The number of methoxy groups -OCH3 is 2. The van der Waals surface area contributed by atoms with Crippen molar-refractivity contribution in [3.63, 3.8) is 0 Å². The Hall–Kier alpha value is -4.38. The number of aromatic nitrogens is 2. The number of fused-ring (bicyclic) bond motifs is 1. The monoisotopic (exact) mass is 521 g/mol. The Morgan fingerprint density at radius 2 is 1.54 bits per heavy atom.